The molecule has 0 spiro atoms. The number of halogens is 1. The summed E-state index contributed by atoms with van der Waals surface area (Å²) in [5.41, 5.74) is 2.45. The summed E-state index contributed by atoms with van der Waals surface area (Å²) in [5.74, 6) is -0.166. The van der Waals surface area contributed by atoms with Crippen molar-refractivity contribution in [1.29, 1.82) is 0 Å². The number of piperidine rings is 1. The molecule has 1 aromatic carbocycles. The Bertz CT molecular complexity index is 706. The number of carbonyl (C=O) groups is 1. The Labute approximate surface area is 140 Å². The van der Waals surface area contributed by atoms with Crippen LogP contribution in [0.25, 0.3) is 11.3 Å². The van der Waals surface area contributed by atoms with Crippen LogP contribution in [0.1, 0.15) is 24.5 Å². The maximum atomic E-state index is 13.2. The quantitative estimate of drug-likeness (QED) is 0.865. The summed E-state index contributed by atoms with van der Waals surface area (Å²) < 4.78 is 18.1. The molecule has 1 aliphatic rings. The van der Waals surface area contributed by atoms with Crippen LogP contribution in [0.3, 0.4) is 0 Å². The minimum Gasteiger partial charge on any atom is -0.375 e. The van der Waals surface area contributed by atoms with Crippen LogP contribution in [-0.2, 0) is 9.53 Å². The van der Waals surface area contributed by atoms with Gasteiger partial charge in [0.2, 0.25) is 5.91 Å². The predicted octanol–water partition coefficient (Wildman–Crippen LogP) is 2.64. The van der Waals surface area contributed by atoms with Gasteiger partial charge in [-0.25, -0.2) is 4.39 Å². The molecule has 0 saturated carbocycles. The van der Waals surface area contributed by atoms with Crippen LogP contribution < -0.4 is 0 Å². The number of ether oxygens (including phenoxy) is 1. The molecule has 0 bridgehead atoms. The first-order chi connectivity index (χ1) is 11.7. The Hall–Kier alpha value is -2.34. The van der Waals surface area contributed by atoms with E-state index in [2.05, 4.69) is 9.97 Å². The normalized spacial score (nSPS) is 17.8. The van der Waals surface area contributed by atoms with Gasteiger partial charge in [0.25, 0.3) is 0 Å². The topological polar surface area (TPSA) is 55.3 Å². The van der Waals surface area contributed by atoms with Crippen LogP contribution in [0, 0.1) is 5.82 Å². The zero-order valence-corrected chi connectivity index (χ0v) is 13.6. The SMILES string of the molecule is COCC(=O)N1CCC[C@H](c2nccnc2-c2ccc(F)cc2)C1. The van der Waals surface area contributed by atoms with Crippen molar-refractivity contribution in [1.82, 2.24) is 14.9 Å². The molecule has 5 nitrogen and oxygen atoms in total. The standard InChI is InChI=1S/C18H20FN3O2/c1-24-12-16(23)22-10-2-3-14(11-22)18-17(20-8-9-21-18)13-4-6-15(19)7-5-13/h4-9,14H,2-3,10-12H2,1H3/t14-/m0/s1. The van der Waals surface area contributed by atoms with E-state index in [1.807, 2.05) is 4.90 Å². The van der Waals surface area contributed by atoms with Crippen molar-refractivity contribution < 1.29 is 13.9 Å². The van der Waals surface area contributed by atoms with Crippen LogP contribution >= 0.6 is 0 Å². The molecule has 0 unspecified atom stereocenters. The van der Waals surface area contributed by atoms with Crippen LogP contribution in [0.15, 0.2) is 36.7 Å². The van der Waals surface area contributed by atoms with Gasteiger partial charge in [-0.2, -0.15) is 0 Å². The monoisotopic (exact) mass is 329 g/mol. The van der Waals surface area contributed by atoms with Crippen molar-refractivity contribution in [2.75, 3.05) is 26.8 Å². The highest BCUT2D eigenvalue weighted by Gasteiger charge is 2.27. The maximum Gasteiger partial charge on any atom is 0.248 e. The number of hydrogen-bond acceptors (Lipinski definition) is 4. The zero-order valence-electron chi connectivity index (χ0n) is 13.6. The van der Waals surface area contributed by atoms with E-state index in [-0.39, 0.29) is 24.2 Å². The van der Waals surface area contributed by atoms with Crippen molar-refractivity contribution >= 4 is 5.91 Å². The van der Waals surface area contributed by atoms with Crippen LogP contribution in [0.5, 0.6) is 0 Å². The average Bonchev–Trinajstić information content (AvgIpc) is 2.63. The average molecular weight is 329 g/mol. The van der Waals surface area contributed by atoms with Gasteiger partial charge in [0, 0.05) is 44.1 Å². The number of methoxy groups -OCH3 is 1. The fourth-order valence-corrected chi connectivity index (χ4v) is 3.12. The molecule has 0 N–H and O–H groups in total. The van der Waals surface area contributed by atoms with Crippen molar-refractivity contribution in [3.8, 4) is 11.3 Å². The number of nitrogens with zero attached hydrogens (tertiary/aromatic N) is 3. The molecule has 1 amide bonds. The van der Waals surface area contributed by atoms with Gasteiger partial charge in [-0.05, 0) is 37.1 Å². The molecule has 1 saturated heterocycles. The first-order valence-corrected chi connectivity index (χ1v) is 8.02. The van der Waals surface area contributed by atoms with Gasteiger partial charge in [-0.1, -0.05) is 0 Å². The molecular formula is C18H20FN3O2. The van der Waals surface area contributed by atoms with Gasteiger partial charge < -0.3 is 9.64 Å². The molecule has 6 heteroatoms. The number of benzene rings is 1. The summed E-state index contributed by atoms with van der Waals surface area (Å²) in [6.45, 7) is 1.44. The third kappa shape index (κ3) is 3.59. The van der Waals surface area contributed by atoms with Gasteiger partial charge in [-0.3, -0.25) is 14.8 Å². The third-order valence-corrected chi connectivity index (χ3v) is 4.27. The van der Waals surface area contributed by atoms with E-state index >= 15 is 0 Å². The summed E-state index contributed by atoms with van der Waals surface area (Å²) in [7, 11) is 1.52. The molecule has 1 atom stereocenters. The number of amides is 1. The van der Waals surface area contributed by atoms with Crippen LogP contribution in [0.4, 0.5) is 4.39 Å². The van der Waals surface area contributed by atoms with E-state index in [9.17, 15) is 9.18 Å². The van der Waals surface area contributed by atoms with Gasteiger partial charge in [0.05, 0.1) is 11.4 Å². The molecule has 1 aliphatic heterocycles. The molecule has 1 aromatic heterocycles. The fraction of sp³-hybridized carbons (Fsp3) is 0.389. The van der Waals surface area contributed by atoms with E-state index in [1.54, 1.807) is 24.5 Å². The van der Waals surface area contributed by atoms with Crippen molar-refractivity contribution in [2.45, 2.75) is 18.8 Å². The fourth-order valence-electron chi connectivity index (χ4n) is 3.12. The summed E-state index contributed by atoms with van der Waals surface area (Å²) in [5, 5.41) is 0. The van der Waals surface area contributed by atoms with E-state index < -0.39 is 0 Å². The second-order valence-electron chi connectivity index (χ2n) is 5.91. The second kappa shape index (κ2) is 7.49. The molecule has 2 aromatic rings. The lowest BCUT2D eigenvalue weighted by Crippen LogP contribution is -2.41. The maximum absolute atomic E-state index is 13.2. The number of carbonyl (C=O) groups excluding carboxylic acids is 1. The molecule has 24 heavy (non-hydrogen) atoms. The summed E-state index contributed by atoms with van der Waals surface area (Å²) in [6, 6.07) is 6.26. The summed E-state index contributed by atoms with van der Waals surface area (Å²) in [6.07, 6.45) is 5.17. The van der Waals surface area contributed by atoms with Gasteiger partial charge in [0.1, 0.15) is 12.4 Å². The lowest BCUT2D eigenvalue weighted by molar-refractivity contribution is -0.136. The molecule has 1 fully saturated rings. The van der Waals surface area contributed by atoms with Gasteiger partial charge >= 0.3 is 0 Å². The van der Waals surface area contributed by atoms with Crippen molar-refractivity contribution in [2.24, 2.45) is 0 Å². The number of hydrogen-bond donors (Lipinski definition) is 0. The molecule has 0 aliphatic carbocycles. The van der Waals surface area contributed by atoms with E-state index in [0.29, 0.717) is 6.54 Å². The Kier molecular flexibility index (Phi) is 5.15. The van der Waals surface area contributed by atoms with E-state index in [1.165, 1.54) is 19.2 Å². The predicted molar refractivity (Wildman–Crippen MR) is 87.9 cm³/mol. The molecule has 126 valence electrons. The number of rotatable bonds is 4. The van der Waals surface area contributed by atoms with Crippen molar-refractivity contribution in [3.05, 3.63) is 48.2 Å². The molecular weight excluding hydrogens is 309 g/mol. The van der Waals surface area contributed by atoms with Gasteiger partial charge in [0.15, 0.2) is 0 Å². The molecule has 0 radical (unpaired) electrons. The second-order valence-corrected chi connectivity index (χ2v) is 5.91. The van der Waals surface area contributed by atoms with Gasteiger partial charge in [-0.15, -0.1) is 0 Å². The largest absolute Gasteiger partial charge is 0.375 e. The lowest BCUT2D eigenvalue weighted by atomic mass is 9.91. The highest BCUT2D eigenvalue weighted by molar-refractivity contribution is 5.77. The first-order valence-electron chi connectivity index (χ1n) is 8.02. The highest BCUT2D eigenvalue weighted by atomic mass is 19.1. The van der Waals surface area contributed by atoms with E-state index in [4.69, 9.17) is 4.74 Å². The minimum atomic E-state index is -0.279. The summed E-state index contributed by atoms with van der Waals surface area (Å²) >= 11 is 0. The Morgan fingerprint density at radius 1 is 1.29 bits per heavy atom. The van der Waals surface area contributed by atoms with Crippen LogP contribution in [-0.4, -0.2) is 47.6 Å². The minimum absolute atomic E-state index is 0.00516. The molecule has 2 heterocycles. The Morgan fingerprint density at radius 2 is 2.04 bits per heavy atom. The summed E-state index contributed by atoms with van der Waals surface area (Å²) in [4.78, 5) is 22.9. The van der Waals surface area contributed by atoms with Crippen LogP contribution in [0.2, 0.25) is 0 Å². The highest BCUT2D eigenvalue weighted by Crippen LogP contribution is 2.31. The number of aromatic nitrogens is 2. The lowest BCUT2D eigenvalue weighted by Gasteiger charge is -2.33. The Balaban J connectivity index is 1.86. The first kappa shape index (κ1) is 16.5. The Morgan fingerprint density at radius 3 is 2.79 bits per heavy atom. The van der Waals surface area contributed by atoms with E-state index in [0.717, 1.165) is 36.3 Å². The third-order valence-electron chi connectivity index (χ3n) is 4.27. The van der Waals surface area contributed by atoms with Crippen molar-refractivity contribution in [3.63, 3.8) is 0 Å². The number of likely N-dealkylation sites (tertiary alicyclic amines) is 1. The molecule has 3 rings (SSSR count). The smallest absolute Gasteiger partial charge is 0.248 e. The zero-order chi connectivity index (χ0) is 16.9.